The summed E-state index contributed by atoms with van der Waals surface area (Å²) in [5.74, 6) is -1.86. The molecule has 3 amide bonds. The van der Waals surface area contributed by atoms with Crippen molar-refractivity contribution in [3.63, 3.8) is 0 Å². The molecule has 0 fully saturated rings. The van der Waals surface area contributed by atoms with Gasteiger partial charge in [0.15, 0.2) is 0 Å². The highest BCUT2D eigenvalue weighted by Gasteiger charge is 2.20. The molecule has 1 unspecified atom stereocenters. The van der Waals surface area contributed by atoms with Crippen molar-refractivity contribution in [3.05, 3.63) is 28.8 Å². The van der Waals surface area contributed by atoms with E-state index in [1.54, 1.807) is 24.1 Å². The minimum Gasteiger partial charge on any atom is -0.481 e. The maximum Gasteiger partial charge on any atom is 0.321 e. The summed E-state index contributed by atoms with van der Waals surface area (Å²) in [6.07, 6.45) is 0. The average Bonchev–Trinajstić information content (AvgIpc) is 2.54. The number of aliphatic carboxylic acids is 1. The van der Waals surface area contributed by atoms with Crippen LogP contribution < -0.4 is 5.32 Å². The van der Waals surface area contributed by atoms with Gasteiger partial charge in [-0.25, -0.2) is 4.79 Å². The molecule has 0 aliphatic carbocycles. The Kier molecular flexibility index (Phi) is 7.23. The Labute approximate surface area is 152 Å². The van der Waals surface area contributed by atoms with Crippen LogP contribution in [0.4, 0.5) is 10.5 Å². The molecule has 0 aromatic heterocycles. The molecule has 0 saturated heterocycles. The molecule has 1 aromatic rings. The third-order valence-corrected chi connectivity index (χ3v) is 4.20. The van der Waals surface area contributed by atoms with Gasteiger partial charge in [0.05, 0.1) is 16.6 Å². The van der Waals surface area contributed by atoms with Crippen molar-refractivity contribution in [3.8, 4) is 0 Å². The van der Waals surface area contributed by atoms with E-state index in [9.17, 15) is 14.4 Å². The molecule has 25 heavy (non-hydrogen) atoms. The van der Waals surface area contributed by atoms with Gasteiger partial charge >= 0.3 is 12.0 Å². The first-order chi connectivity index (χ1) is 11.5. The van der Waals surface area contributed by atoms with Crippen LogP contribution in [0.3, 0.4) is 0 Å². The van der Waals surface area contributed by atoms with E-state index in [0.29, 0.717) is 11.3 Å². The second-order valence-electron chi connectivity index (χ2n) is 6.25. The fraction of sp³-hybridized carbons (Fsp3) is 0.471. The lowest BCUT2D eigenvalue weighted by atomic mass is 10.1. The Hall–Kier alpha value is -2.28. The normalized spacial score (nSPS) is 11.8. The van der Waals surface area contributed by atoms with Crippen LogP contribution in [0.1, 0.15) is 31.1 Å². The van der Waals surface area contributed by atoms with Crippen molar-refractivity contribution in [2.45, 2.75) is 26.8 Å². The Morgan fingerprint density at radius 3 is 2.32 bits per heavy atom. The van der Waals surface area contributed by atoms with Gasteiger partial charge in [-0.2, -0.15) is 0 Å². The maximum atomic E-state index is 12.4. The van der Waals surface area contributed by atoms with Gasteiger partial charge in [0.1, 0.15) is 0 Å². The van der Waals surface area contributed by atoms with Crippen LogP contribution in [0.25, 0.3) is 0 Å². The van der Waals surface area contributed by atoms with Gasteiger partial charge in [-0.3, -0.25) is 9.59 Å². The third-order valence-electron chi connectivity index (χ3n) is 3.87. The number of amides is 3. The lowest BCUT2D eigenvalue weighted by Gasteiger charge is -2.23. The quantitative estimate of drug-likeness (QED) is 0.806. The maximum absolute atomic E-state index is 12.4. The number of urea groups is 1. The molecular weight excluding hydrogens is 346 g/mol. The highest BCUT2D eigenvalue weighted by molar-refractivity contribution is 6.33. The van der Waals surface area contributed by atoms with E-state index in [2.05, 4.69) is 5.32 Å². The fourth-order valence-electron chi connectivity index (χ4n) is 1.97. The number of hydrogen-bond donors (Lipinski definition) is 2. The Bertz CT molecular complexity index is 663. The number of hydrogen-bond acceptors (Lipinski definition) is 3. The van der Waals surface area contributed by atoms with Gasteiger partial charge in [-0.15, -0.1) is 0 Å². The molecule has 0 heterocycles. The topological polar surface area (TPSA) is 90.0 Å². The first kappa shape index (κ1) is 20.8. The smallest absolute Gasteiger partial charge is 0.321 e. The van der Waals surface area contributed by atoms with Crippen LogP contribution in [0, 0.1) is 5.92 Å². The predicted molar refractivity (Wildman–Crippen MR) is 97.1 cm³/mol. The second-order valence-corrected chi connectivity index (χ2v) is 6.66. The number of benzene rings is 1. The highest BCUT2D eigenvalue weighted by Crippen LogP contribution is 2.24. The monoisotopic (exact) mass is 369 g/mol. The molecule has 0 spiro atoms. The zero-order valence-corrected chi connectivity index (χ0v) is 15.8. The van der Waals surface area contributed by atoms with Gasteiger partial charge in [-0.1, -0.05) is 18.5 Å². The van der Waals surface area contributed by atoms with Crippen molar-refractivity contribution < 1.29 is 19.5 Å². The number of anilines is 1. The number of carboxylic acid groups (broad SMARTS) is 1. The third kappa shape index (κ3) is 5.63. The Morgan fingerprint density at radius 1 is 1.20 bits per heavy atom. The number of carbonyl (C=O) groups is 3. The van der Waals surface area contributed by atoms with Gasteiger partial charge in [0, 0.05) is 32.2 Å². The molecule has 2 N–H and O–H groups in total. The SMILES string of the molecule is CC(CN(C)C(=O)Nc1cc(C(=O)N(C)C(C)C)ccc1Cl)C(=O)O. The van der Waals surface area contributed by atoms with Crippen LogP contribution in [0.5, 0.6) is 0 Å². The minimum absolute atomic E-state index is 0.0323. The standard InChI is InChI=1S/C17H24ClN3O4/c1-10(2)21(5)15(22)12-6-7-13(18)14(8-12)19-17(25)20(4)9-11(3)16(23)24/h6-8,10-11H,9H2,1-5H3,(H,19,25)(H,23,24). The molecule has 0 aliphatic heterocycles. The van der Waals surface area contributed by atoms with Crippen LogP contribution in [0.2, 0.25) is 5.02 Å². The molecule has 138 valence electrons. The van der Waals surface area contributed by atoms with Gasteiger partial charge < -0.3 is 20.2 Å². The molecule has 8 heteroatoms. The second kappa shape index (κ2) is 8.71. The summed E-state index contributed by atoms with van der Waals surface area (Å²) in [5, 5.41) is 11.8. The van der Waals surface area contributed by atoms with E-state index >= 15 is 0 Å². The fourth-order valence-corrected chi connectivity index (χ4v) is 2.14. The summed E-state index contributed by atoms with van der Waals surface area (Å²) in [6, 6.07) is 4.17. The molecule has 1 rings (SSSR count). The molecular formula is C17H24ClN3O4. The first-order valence-electron chi connectivity index (χ1n) is 7.86. The van der Waals surface area contributed by atoms with Crippen molar-refractivity contribution >= 4 is 35.2 Å². The number of carbonyl (C=O) groups excluding carboxylic acids is 2. The van der Waals surface area contributed by atoms with Crippen LogP contribution >= 0.6 is 11.6 Å². The Morgan fingerprint density at radius 2 is 1.80 bits per heavy atom. The average molecular weight is 370 g/mol. The zero-order valence-electron chi connectivity index (χ0n) is 15.0. The van der Waals surface area contributed by atoms with Gasteiger partial charge in [-0.05, 0) is 32.0 Å². The number of halogens is 1. The van der Waals surface area contributed by atoms with E-state index in [1.807, 2.05) is 13.8 Å². The number of nitrogens with one attached hydrogen (secondary N) is 1. The van der Waals surface area contributed by atoms with Gasteiger partial charge in [0.2, 0.25) is 0 Å². The summed E-state index contributed by atoms with van der Waals surface area (Å²) < 4.78 is 0. The highest BCUT2D eigenvalue weighted by atomic mass is 35.5. The zero-order chi connectivity index (χ0) is 19.3. The lowest BCUT2D eigenvalue weighted by molar-refractivity contribution is -0.141. The first-order valence-corrected chi connectivity index (χ1v) is 8.24. The predicted octanol–water partition coefficient (Wildman–Crippen LogP) is 3.00. The number of rotatable bonds is 6. The van der Waals surface area contributed by atoms with E-state index in [-0.39, 0.29) is 23.5 Å². The van der Waals surface area contributed by atoms with Crippen molar-refractivity contribution in [1.82, 2.24) is 9.80 Å². The number of carboxylic acids is 1. The van der Waals surface area contributed by atoms with E-state index in [4.69, 9.17) is 16.7 Å². The largest absolute Gasteiger partial charge is 0.481 e. The van der Waals surface area contributed by atoms with Crippen molar-refractivity contribution in [2.24, 2.45) is 5.92 Å². The Balaban J connectivity index is 2.91. The van der Waals surface area contributed by atoms with Crippen molar-refractivity contribution in [2.75, 3.05) is 26.0 Å². The lowest BCUT2D eigenvalue weighted by Crippen LogP contribution is -2.37. The molecule has 0 bridgehead atoms. The summed E-state index contributed by atoms with van der Waals surface area (Å²) in [5.41, 5.74) is 0.696. The molecule has 1 aromatic carbocycles. The minimum atomic E-state index is -0.984. The van der Waals surface area contributed by atoms with Gasteiger partial charge in [0.25, 0.3) is 5.91 Å². The van der Waals surface area contributed by atoms with E-state index < -0.39 is 17.9 Å². The van der Waals surface area contributed by atoms with Crippen LogP contribution in [0.15, 0.2) is 18.2 Å². The van der Waals surface area contributed by atoms with Crippen LogP contribution in [-0.4, -0.2) is 59.5 Å². The van der Waals surface area contributed by atoms with E-state index in [1.165, 1.54) is 24.9 Å². The van der Waals surface area contributed by atoms with Crippen molar-refractivity contribution in [1.29, 1.82) is 0 Å². The molecule has 0 saturated carbocycles. The van der Waals surface area contributed by atoms with E-state index in [0.717, 1.165) is 0 Å². The molecule has 0 aliphatic rings. The van der Waals surface area contributed by atoms with Crippen LogP contribution in [-0.2, 0) is 4.79 Å². The molecule has 7 nitrogen and oxygen atoms in total. The summed E-state index contributed by atoms with van der Waals surface area (Å²) in [4.78, 5) is 38.3. The summed E-state index contributed by atoms with van der Waals surface area (Å²) in [6.45, 7) is 5.36. The molecule has 1 atom stereocenters. The summed E-state index contributed by atoms with van der Waals surface area (Å²) >= 11 is 6.10. The molecule has 0 radical (unpaired) electrons. The summed E-state index contributed by atoms with van der Waals surface area (Å²) in [7, 11) is 3.19. The number of nitrogens with zero attached hydrogens (tertiary/aromatic N) is 2.